The van der Waals surface area contributed by atoms with Crippen LogP contribution in [0, 0.1) is 0 Å². The second-order valence-corrected chi connectivity index (χ2v) is 4.58. The average Bonchev–Trinajstić information content (AvgIpc) is 2.68. The first-order valence-electron chi connectivity index (χ1n) is 5.81. The summed E-state index contributed by atoms with van der Waals surface area (Å²) in [6.45, 7) is 0. The molecule has 1 aliphatic rings. The lowest BCUT2D eigenvalue weighted by Gasteiger charge is -2.05. The van der Waals surface area contributed by atoms with Gasteiger partial charge in [-0.2, -0.15) is 0 Å². The van der Waals surface area contributed by atoms with Crippen molar-refractivity contribution in [3.63, 3.8) is 0 Å². The molecule has 0 bridgehead atoms. The number of hydrogen-bond donors (Lipinski definition) is 0. The van der Waals surface area contributed by atoms with E-state index in [4.69, 9.17) is 0 Å². The Labute approximate surface area is 98.7 Å². The first kappa shape index (κ1) is 8.94. The van der Waals surface area contributed by atoms with E-state index < -0.39 is 0 Å². The lowest BCUT2D eigenvalue weighted by atomic mass is 9.98. The second-order valence-electron chi connectivity index (χ2n) is 4.58. The molecule has 0 amide bonds. The molecular weight excluding hydrogens is 208 g/mol. The quantitative estimate of drug-likeness (QED) is 0.525. The van der Waals surface area contributed by atoms with Crippen LogP contribution in [0.15, 0.2) is 48.5 Å². The molecule has 0 aromatic heterocycles. The zero-order valence-electron chi connectivity index (χ0n) is 9.23. The summed E-state index contributed by atoms with van der Waals surface area (Å²) in [4.78, 5) is 12.0. The van der Waals surface area contributed by atoms with Gasteiger partial charge in [0.05, 0.1) is 0 Å². The van der Waals surface area contributed by atoms with E-state index in [0.717, 1.165) is 16.3 Å². The first-order chi connectivity index (χ1) is 8.34. The Bertz CT molecular complexity index is 784. The van der Waals surface area contributed by atoms with Crippen LogP contribution in [-0.4, -0.2) is 5.78 Å². The summed E-state index contributed by atoms with van der Waals surface area (Å²) in [5.74, 6) is 0.252. The van der Waals surface area contributed by atoms with Crippen molar-refractivity contribution in [3.8, 4) is 0 Å². The molecule has 0 fully saturated rings. The maximum absolute atomic E-state index is 12.0. The van der Waals surface area contributed by atoms with Gasteiger partial charge in [0.1, 0.15) is 0 Å². The molecule has 0 saturated heterocycles. The summed E-state index contributed by atoms with van der Waals surface area (Å²) in [6, 6.07) is 16.5. The Balaban J connectivity index is 2.36. The smallest absolute Gasteiger partial charge is 0.167 e. The van der Waals surface area contributed by atoms with Gasteiger partial charge in [-0.1, -0.05) is 42.5 Å². The Morgan fingerprint density at radius 1 is 0.882 bits per heavy atom. The highest BCUT2D eigenvalue weighted by molar-refractivity contribution is 6.22. The maximum Gasteiger partial charge on any atom is 0.167 e. The number of Topliss-reactive ketones (excluding diaryl/α,β-unsaturated/α-hetero) is 1. The molecule has 3 aromatic carbocycles. The van der Waals surface area contributed by atoms with Crippen LogP contribution in [0.1, 0.15) is 15.9 Å². The highest BCUT2D eigenvalue weighted by Gasteiger charge is 2.22. The second kappa shape index (κ2) is 2.95. The third-order valence-electron chi connectivity index (χ3n) is 3.62. The van der Waals surface area contributed by atoms with Gasteiger partial charge in [0.15, 0.2) is 5.78 Å². The summed E-state index contributed by atoms with van der Waals surface area (Å²) < 4.78 is 0. The number of benzene rings is 3. The average molecular weight is 218 g/mol. The standard InChI is InChI=1S/C16H10O/c17-15-9-11-5-3-7-13-12-6-2-1-4-10(12)8-14(15)16(11)13/h1-8H,9H2. The van der Waals surface area contributed by atoms with Crippen molar-refractivity contribution in [2.75, 3.05) is 0 Å². The van der Waals surface area contributed by atoms with Crippen LogP contribution in [0.5, 0.6) is 0 Å². The molecular formula is C16H10O. The van der Waals surface area contributed by atoms with E-state index in [0.29, 0.717) is 6.42 Å². The highest BCUT2D eigenvalue weighted by Crippen LogP contribution is 2.35. The minimum absolute atomic E-state index is 0.252. The number of rotatable bonds is 0. The van der Waals surface area contributed by atoms with Crippen molar-refractivity contribution in [2.24, 2.45) is 0 Å². The first-order valence-corrected chi connectivity index (χ1v) is 5.81. The van der Waals surface area contributed by atoms with E-state index in [1.807, 2.05) is 24.3 Å². The topological polar surface area (TPSA) is 17.1 Å². The fraction of sp³-hybridized carbons (Fsp3) is 0.0625. The van der Waals surface area contributed by atoms with Gasteiger partial charge in [0.2, 0.25) is 0 Å². The van der Waals surface area contributed by atoms with Crippen molar-refractivity contribution in [3.05, 3.63) is 59.7 Å². The van der Waals surface area contributed by atoms with Crippen LogP contribution in [0.2, 0.25) is 0 Å². The van der Waals surface area contributed by atoms with Crippen LogP contribution >= 0.6 is 0 Å². The molecule has 1 nitrogen and oxygen atoms in total. The van der Waals surface area contributed by atoms with Crippen molar-refractivity contribution >= 4 is 27.3 Å². The molecule has 0 N–H and O–H groups in total. The molecule has 0 heterocycles. The Morgan fingerprint density at radius 3 is 2.65 bits per heavy atom. The molecule has 1 aliphatic carbocycles. The molecule has 3 aromatic rings. The van der Waals surface area contributed by atoms with E-state index in [1.54, 1.807) is 0 Å². The van der Waals surface area contributed by atoms with Gasteiger partial charge in [0, 0.05) is 12.0 Å². The van der Waals surface area contributed by atoms with Crippen molar-refractivity contribution in [1.82, 2.24) is 0 Å². The largest absolute Gasteiger partial charge is 0.294 e. The van der Waals surface area contributed by atoms with Crippen LogP contribution < -0.4 is 0 Å². The fourth-order valence-electron chi connectivity index (χ4n) is 2.87. The van der Waals surface area contributed by atoms with E-state index >= 15 is 0 Å². The molecule has 4 rings (SSSR count). The minimum Gasteiger partial charge on any atom is -0.294 e. The number of ketones is 1. The molecule has 0 spiro atoms. The van der Waals surface area contributed by atoms with E-state index in [9.17, 15) is 4.79 Å². The van der Waals surface area contributed by atoms with Crippen LogP contribution in [-0.2, 0) is 6.42 Å². The Morgan fingerprint density at radius 2 is 1.71 bits per heavy atom. The van der Waals surface area contributed by atoms with E-state index in [2.05, 4.69) is 24.3 Å². The van der Waals surface area contributed by atoms with Crippen molar-refractivity contribution in [2.45, 2.75) is 6.42 Å². The summed E-state index contributed by atoms with van der Waals surface area (Å²) in [5.41, 5.74) is 2.07. The third kappa shape index (κ3) is 1.06. The zero-order chi connectivity index (χ0) is 11.4. The van der Waals surface area contributed by atoms with Crippen LogP contribution in [0.3, 0.4) is 0 Å². The molecule has 0 radical (unpaired) electrons. The van der Waals surface area contributed by atoms with Gasteiger partial charge >= 0.3 is 0 Å². The van der Waals surface area contributed by atoms with Gasteiger partial charge in [0.25, 0.3) is 0 Å². The molecule has 0 aliphatic heterocycles. The predicted molar refractivity (Wildman–Crippen MR) is 69.5 cm³/mol. The van der Waals surface area contributed by atoms with Gasteiger partial charge < -0.3 is 0 Å². The molecule has 17 heavy (non-hydrogen) atoms. The monoisotopic (exact) mass is 218 g/mol. The van der Waals surface area contributed by atoms with Crippen molar-refractivity contribution < 1.29 is 4.79 Å². The van der Waals surface area contributed by atoms with Gasteiger partial charge in [-0.25, -0.2) is 0 Å². The maximum atomic E-state index is 12.0. The van der Waals surface area contributed by atoms with Crippen LogP contribution in [0.25, 0.3) is 21.5 Å². The normalized spacial score (nSPS) is 13.8. The lowest BCUT2D eigenvalue weighted by molar-refractivity contribution is 0.1000. The predicted octanol–water partition coefficient (Wildman–Crippen LogP) is 3.73. The molecule has 0 unspecified atom stereocenters. The third-order valence-corrected chi connectivity index (χ3v) is 3.62. The number of hydrogen-bond acceptors (Lipinski definition) is 1. The van der Waals surface area contributed by atoms with E-state index in [1.165, 1.54) is 16.3 Å². The summed E-state index contributed by atoms with van der Waals surface area (Å²) >= 11 is 0. The van der Waals surface area contributed by atoms with E-state index in [-0.39, 0.29) is 5.78 Å². The molecule has 0 atom stereocenters. The van der Waals surface area contributed by atoms with Crippen LogP contribution in [0.4, 0.5) is 0 Å². The fourth-order valence-corrected chi connectivity index (χ4v) is 2.87. The number of fused-ring (bicyclic) bond motifs is 2. The van der Waals surface area contributed by atoms with Gasteiger partial charge in [-0.15, -0.1) is 0 Å². The van der Waals surface area contributed by atoms with Gasteiger partial charge in [-0.05, 0) is 33.2 Å². The lowest BCUT2D eigenvalue weighted by Crippen LogP contribution is -1.93. The number of carbonyl (C=O) groups excluding carboxylic acids is 1. The summed E-state index contributed by atoms with van der Waals surface area (Å²) in [6.07, 6.45) is 0.559. The zero-order valence-corrected chi connectivity index (χ0v) is 9.23. The summed E-state index contributed by atoms with van der Waals surface area (Å²) in [7, 11) is 0. The van der Waals surface area contributed by atoms with Crippen molar-refractivity contribution in [1.29, 1.82) is 0 Å². The molecule has 0 saturated carbocycles. The summed E-state index contributed by atoms with van der Waals surface area (Å²) in [5, 5.41) is 4.77. The SMILES string of the molecule is O=C1Cc2cccc3c2c1cc1ccccc13. The molecule has 80 valence electrons. The minimum atomic E-state index is 0.252. The number of carbonyl (C=O) groups is 1. The highest BCUT2D eigenvalue weighted by atomic mass is 16.1. The Kier molecular flexibility index (Phi) is 1.55. The Hall–Kier alpha value is -2.15. The molecule has 1 heteroatoms. The van der Waals surface area contributed by atoms with Gasteiger partial charge in [-0.3, -0.25) is 4.79 Å².